The Hall–Kier alpha value is -1.91. The van der Waals surface area contributed by atoms with Gasteiger partial charge in [0.1, 0.15) is 12.0 Å². The highest BCUT2D eigenvalue weighted by atomic mass is 35.5. The molecule has 1 amide bonds. The van der Waals surface area contributed by atoms with E-state index in [1.165, 1.54) is 6.26 Å². The van der Waals surface area contributed by atoms with Crippen LogP contribution in [0.3, 0.4) is 0 Å². The lowest BCUT2D eigenvalue weighted by molar-refractivity contribution is -0.121. The number of nitrogens with one attached hydrogen (secondary N) is 1. The van der Waals surface area contributed by atoms with Gasteiger partial charge in [0.2, 0.25) is 5.00 Å². The molecule has 6 heteroatoms. The molecule has 114 valence electrons. The number of fused-ring (bicyclic) bond motifs is 1. The van der Waals surface area contributed by atoms with Crippen LogP contribution < -0.4 is 11.1 Å². The predicted octanol–water partition coefficient (Wildman–Crippen LogP) is 3.20. The van der Waals surface area contributed by atoms with E-state index in [1.807, 2.05) is 12.1 Å². The minimum Gasteiger partial charge on any atom is -0.461 e. The number of rotatable bonds is 4. The fourth-order valence-corrected chi connectivity index (χ4v) is 2.97. The van der Waals surface area contributed by atoms with Crippen molar-refractivity contribution in [1.82, 2.24) is 5.32 Å². The lowest BCUT2D eigenvalue weighted by Crippen LogP contribution is -2.47. The maximum absolute atomic E-state index is 11.9. The van der Waals surface area contributed by atoms with E-state index in [0.29, 0.717) is 22.8 Å². The molecule has 0 spiro atoms. The van der Waals surface area contributed by atoms with Crippen molar-refractivity contribution < 1.29 is 9.53 Å². The summed E-state index contributed by atoms with van der Waals surface area (Å²) >= 11 is 12.4. The van der Waals surface area contributed by atoms with Gasteiger partial charge >= 0.3 is 0 Å². The van der Waals surface area contributed by atoms with Gasteiger partial charge in [0.25, 0.3) is 5.91 Å². The number of benzene rings is 1. The molecule has 0 bridgehead atoms. The van der Waals surface area contributed by atoms with E-state index < -0.39 is 10.9 Å². The van der Waals surface area contributed by atoms with Crippen molar-refractivity contribution in [2.24, 2.45) is 5.73 Å². The van der Waals surface area contributed by atoms with E-state index >= 15 is 0 Å². The molecule has 1 aromatic carbocycles. The zero-order chi connectivity index (χ0) is 15.7. The summed E-state index contributed by atoms with van der Waals surface area (Å²) in [6.45, 7) is 0. The summed E-state index contributed by atoms with van der Waals surface area (Å²) in [7, 11) is 0. The van der Waals surface area contributed by atoms with Crippen LogP contribution in [0.2, 0.25) is 0 Å². The average Bonchev–Trinajstić information content (AvgIpc) is 2.89. The number of ether oxygens (including phenoxy) is 1. The highest BCUT2D eigenvalue weighted by molar-refractivity contribution is 6.34. The van der Waals surface area contributed by atoms with Crippen molar-refractivity contribution in [3.63, 3.8) is 0 Å². The third-order valence-corrected chi connectivity index (χ3v) is 4.34. The quantitative estimate of drug-likeness (QED) is 0.655. The van der Waals surface area contributed by atoms with Gasteiger partial charge in [-0.05, 0) is 24.5 Å². The Labute approximate surface area is 138 Å². The smallest absolute Gasteiger partial charge is 0.263 e. The molecule has 1 aromatic rings. The van der Waals surface area contributed by atoms with Crippen LogP contribution in [0.4, 0.5) is 0 Å². The van der Waals surface area contributed by atoms with Gasteiger partial charge in [-0.15, -0.1) is 0 Å². The number of nitrogens with two attached hydrogens (primary N) is 1. The predicted molar refractivity (Wildman–Crippen MR) is 85.7 cm³/mol. The van der Waals surface area contributed by atoms with Crippen LogP contribution in [0.5, 0.6) is 0 Å². The minimum atomic E-state index is -1.52. The number of carbonyl (C=O) groups is 1. The number of hydrogen-bond donors (Lipinski definition) is 2. The molecular formula is C16H14Cl2N2O2. The van der Waals surface area contributed by atoms with Crippen molar-refractivity contribution in [3.8, 4) is 0 Å². The van der Waals surface area contributed by atoms with Crippen molar-refractivity contribution in [2.45, 2.75) is 17.8 Å². The molecule has 4 nitrogen and oxygen atoms in total. The number of allylic oxidation sites excluding steroid dienone is 4. The van der Waals surface area contributed by atoms with E-state index in [1.54, 1.807) is 24.3 Å². The largest absolute Gasteiger partial charge is 0.461 e. The first kappa shape index (κ1) is 15.0. The summed E-state index contributed by atoms with van der Waals surface area (Å²) in [5.74, 6) is -0.0121. The van der Waals surface area contributed by atoms with Crippen LogP contribution in [-0.4, -0.2) is 5.91 Å². The molecule has 0 aromatic heterocycles. The van der Waals surface area contributed by atoms with E-state index in [9.17, 15) is 4.79 Å². The Morgan fingerprint density at radius 3 is 2.68 bits per heavy atom. The Morgan fingerprint density at radius 2 is 2.00 bits per heavy atom. The number of amides is 1. The molecule has 1 atom stereocenters. The fourth-order valence-electron chi connectivity index (χ4n) is 2.55. The van der Waals surface area contributed by atoms with Crippen molar-refractivity contribution >= 4 is 29.1 Å². The van der Waals surface area contributed by atoms with Crippen molar-refractivity contribution in [2.75, 3.05) is 0 Å². The first-order valence-electron chi connectivity index (χ1n) is 6.79. The number of carbonyl (C=O) groups excluding carboxylic acids is 1. The van der Waals surface area contributed by atoms with Gasteiger partial charge in [-0.2, -0.15) is 0 Å². The molecule has 0 saturated carbocycles. The van der Waals surface area contributed by atoms with E-state index in [0.717, 1.165) is 17.7 Å². The summed E-state index contributed by atoms with van der Waals surface area (Å²) in [6.07, 6.45) is 4.74. The third kappa shape index (κ3) is 2.60. The third-order valence-electron chi connectivity index (χ3n) is 3.65. The second-order valence-electron chi connectivity index (χ2n) is 5.11. The van der Waals surface area contributed by atoms with Crippen LogP contribution in [0.25, 0.3) is 0 Å². The first-order chi connectivity index (χ1) is 10.5. The van der Waals surface area contributed by atoms with Crippen molar-refractivity contribution in [1.29, 1.82) is 0 Å². The van der Waals surface area contributed by atoms with E-state index in [-0.39, 0.29) is 0 Å². The van der Waals surface area contributed by atoms with Gasteiger partial charge in [0.15, 0.2) is 0 Å². The Bertz CT molecular complexity index is 710. The molecule has 1 aliphatic carbocycles. The highest BCUT2D eigenvalue weighted by Crippen LogP contribution is 2.38. The molecular weight excluding hydrogens is 323 g/mol. The summed E-state index contributed by atoms with van der Waals surface area (Å²) < 4.78 is 5.53. The van der Waals surface area contributed by atoms with Crippen molar-refractivity contribution in [3.05, 3.63) is 70.3 Å². The second kappa shape index (κ2) is 5.71. The zero-order valence-electron chi connectivity index (χ0n) is 11.6. The number of alkyl halides is 1. The van der Waals surface area contributed by atoms with Gasteiger partial charge in [-0.25, -0.2) is 0 Å². The zero-order valence-corrected chi connectivity index (χ0v) is 13.1. The first-order valence-corrected chi connectivity index (χ1v) is 7.55. The van der Waals surface area contributed by atoms with E-state index in [4.69, 9.17) is 33.7 Å². The highest BCUT2D eigenvalue weighted by Gasteiger charge is 2.39. The summed E-state index contributed by atoms with van der Waals surface area (Å²) in [5.41, 5.74) is 7.83. The standard InChI is InChI=1S/C16H14Cl2N2O2/c17-12-8-10-6-7-13(14(10)22-9-12)20-16(18,15(19)21)11-4-2-1-3-5-11/h1-5,8-9,20H,6-7H2,(H2,19,21). The van der Waals surface area contributed by atoms with Gasteiger partial charge in [0.05, 0.1) is 10.7 Å². The molecule has 0 fully saturated rings. The van der Waals surface area contributed by atoms with Gasteiger partial charge < -0.3 is 15.8 Å². The number of halogens is 2. The molecule has 1 aliphatic heterocycles. The van der Waals surface area contributed by atoms with Crippen LogP contribution in [0, 0.1) is 0 Å². The van der Waals surface area contributed by atoms with Gasteiger partial charge in [0, 0.05) is 5.56 Å². The number of primary amides is 1. The Kier molecular flexibility index (Phi) is 3.89. The van der Waals surface area contributed by atoms with Crippen LogP contribution in [0.1, 0.15) is 18.4 Å². The minimum absolute atomic E-state index is 0.537. The molecule has 0 saturated heterocycles. The molecule has 3 N–H and O–H groups in total. The Balaban J connectivity index is 1.95. The lowest BCUT2D eigenvalue weighted by Gasteiger charge is -2.27. The Morgan fingerprint density at radius 1 is 1.27 bits per heavy atom. The molecule has 0 radical (unpaired) electrons. The monoisotopic (exact) mass is 336 g/mol. The van der Waals surface area contributed by atoms with E-state index in [2.05, 4.69) is 5.32 Å². The topological polar surface area (TPSA) is 64.4 Å². The van der Waals surface area contributed by atoms with Crippen LogP contribution in [0.15, 0.2) is 64.7 Å². The molecule has 3 rings (SSSR count). The van der Waals surface area contributed by atoms with Crippen LogP contribution >= 0.6 is 23.2 Å². The molecule has 2 aliphatic rings. The summed E-state index contributed by atoms with van der Waals surface area (Å²) in [4.78, 5) is 10.4. The number of hydrogen-bond acceptors (Lipinski definition) is 3. The summed E-state index contributed by atoms with van der Waals surface area (Å²) in [5, 5.41) is 3.59. The summed E-state index contributed by atoms with van der Waals surface area (Å²) in [6, 6.07) is 8.94. The molecule has 1 unspecified atom stereocenters. The maximum Gasteiger partial charge on any atom is 0.263 e. The maximum atomic E-state index is 11.9. The average molecular weight is 337 g/mol. The second-order valence-corrected chi connectivity index (χ2v) is 6.11. The normalized spacial score (nSPS) is 19.5. The SMILES string of the molecule is NC(=O)C(Cl)(NC1=C2OC=C(Cl)C=C2CC1)c1ccccc1. The van der Waals surface area contributed by atoms with Crippen LogP contribution in [-0.2, 0) is 14.5 Å². The molecule has 1 heterocycles. The molecule has 22 heavy (non-hydrogen) atoms. The van der Waals surface area contributed by atoms with Gasteiger partial charge in [-0.3, -0.25) is 4.79 Å². The van der Waals surface area contributed by atoms with Gasteiger partial charge in [-0.1, -0.05) is 53.5 Å². The lowest BCUT2D eigenvalue weighted by atomic mass is 10.1. The fraction of sp³-hybridized carbons (Fsp3) is 0.188.